The first-order chi connectivity index (χ1) is 8.21. The number of nitrogens with one attached hydrogen (secondary N) is 1. The molecule has 1 aromatic carbocycles. The van der Waals surface area contributed by atoms with E-state index in [1.165, 1.54) is 24.3 Å². The summed E-state index contributed by atoms with van der Waals surface area (Å²) < 4.78 is 30.4. The van der Waals surface area contributed by atoms with Gasteiger partial charge in [-0.25, -0.2) is 0 Å². The molecule has 0 radical (unpaired) electrons. The largest absolute Gasteiger partial charge is 0.326 e. The molecule has 0 aliphatic heterocycles. The third kappa shape index (κ3) is 3.68. The number of hydrogen-bond donors (Lipinski definition) is 2. The molecular formula is C12H15NO4S. The molecule has 1 aromatic rings. The van der Waals surface area contributed by atoms with Crippen molar-refractivity contribution in [1.29, 1.82) is 0 Å². The number of benzene rings is 1. The van der Waals surface area contributed by atoms with Crippen molar-refractivity contribution in [2.45, 2.75) is 18.7 Å². The van der Waals surface area contributed by atoms with Crippen LogP contribution in [-0.2, 0) is 14.9 Å². The lowest BCUT2D eigenvalue weighted by atomic mass is 10.0. The molecule has 0 aliphatic rings. The van der Waals surface area contributed by atoms with E-state index in [4.69, 9.17) is 4.55 Å². The van der Waals surface area contributed by atoms with Gasteiger partial charge in [-0.05, 0) is 38.1 Å². The van der Waals surface area contributed by atoms with E-state index in [0.29, 0.717) is 5.69 Å². The van der Waals surface area contributed by atoms with Gasteiger partial charge in [0.25, 0.3) is 10.1 Å². The van der Waals surface area contributed by atoms with E-state index in [0.717, 1.165) is 5.57 Å². The molecule has 0 saturated heterocycles. The Morgan fingerprint density at radius 1 is 1.33 bits per heavy atom. The molecule has 2 N–H and O–H groups in total. The van der Waals surface area contributed by atoms with Crippen LogP contribution in [-0.4, -0.2) is 18.9 Å². The average Bonchev–Trinajstić information content (AvgIpc) is 2.27. The van der Waals surface area contributed by atoms with Gasteiger partial charge in [0.15, 0.2) is 0 Å². The smallest absolute Gasteiger partial charge is 0.294 e. The third-order valence-corrected chi connectivity index (χ3v) is 3.42. The molecule has 18 heavy (non-hydrogen) atoms. The van der Waals surface area contributed by atoms with Crippen LogP contribution in [0.3, 0.4) is 0 Å². The minimum absolute atomic E-state index is 0.214. The van der Waals surface area contributed by atoms with E-state index in [2.05, 4.69) is 11.9 Å². The van der Waals surface area contributed by atoms with Crippen molar-refractivity contribution in [3.05, 3.63) is 36.4 Å². The highest BCUT2D eigenvalue weighted by molar-refractivity contribution is 7.85. The Morgan fingerprint density at radius 2 is 1.83 bits per heavy atom. The van der Waals surface area contributed by atoms with E-state index >= 15 is 0 Å². The molecule has 1 unspecified atom stereocenters. The highest BCUT2D eigenvalue weighted by atomic mass is 32.2. The van der Waals surface area contributed by atoms with Crippen molar-refractivity contribution >= 4 is 21.7 Å². The molecule has 1 rings (SSSR count). The van der Waals surface area contributed by atoms with E-state index < -0.39 is 10.1 Å². The summed E-state index contributed by atoms with van der Waals surface area (Å²) in [5.74, 6) is -0.548. The zero-order valence-corrected chi connectivity index (χ0v) is 11.0. The molecule has 0 heterocycles. The minimum Gasteiger partial charge on any atom is -0.326 e. The van der Waals surface area contributed by atoms with Gasteiger partial charge in [0.1, 0.15) is 0 Å². The fraction of sp³-hybridized carbons (Fsp3) is 0.250. The Kier molecular flexibility index (Phi) is 4.26. The molecule has 1 atom stereocenters. The summed E-state index contributed by atoms with van der Waals surface area (Å²) in [5.41, 5.74) is 1.20. The summed E-state index contributed by atoms with van der Waals surface area (Å²) in [6, 6.07) is 5.26. The number of carbonyl (C=O) groups excluding carboxylic acids is 1. The summed E-state index contributed by atoms with van der Waals surface area (Å²) in [6.45, 7) is 7.17. The van der Waals surface area contributed by atoms with Gasteiger partial charge in [0.2, 0.25) is 5.91 Å². The van der Waals surface area contributed by atoms with E-state index in [1.54, 1.807) is 13.8 Å². The number of hydrogen-bond acceptors (Lipinski definition) is 3. The highest BCUT2D eigenvalue weighted by Gasteiger charge is 2.14. The second-order valence-corrected chi connectivity index (χ2v) is 5.48. The molecule has 6 heteroatoms. The van der Waals surface area contributed by atoms with Gasteiger partial charge in [-0.15, -0.1) is 0 Å². The summed E-state index contributed by atoms with van der Waals surface area (Å²) in [4.78, 5) is 11.5. The average molecular weight is 269 g/mol. The molecule has 0 aliphatic carbocycles. The van der Waals surface area contributed by atoms with Crippen LogP contribution in [0.5, 0.6) is 0 Å². The lowest BCUT2D eigenvalue weighted by molar-refractivity contribution is -0.118. The summed E-state index contributed by atoms with van der Waals surface area (Å²) in [6.07, 6.45) is 0. The monoisotopic (exact) mass is 269 g/mol. The van der Waals surface area contributed by atoms with Crippen molar-refractivity contribution in [2.75, 3.05) is 5.32 Å². The normalized spacial score (nSPS) is 12.8. The fourth-order valence-electron chi connectivity index (χ4n) is 1.18. The topological polar surface area (TPSA) is 83.5 Å². The number of carbonyl (C=O) groups is 1. The van der Waals surface area contributed by atoms with Crippen LogP contribution < -0.4 is 5.32 Å². The van der Waals surface area contributed by atoms with Gasteiger partial charge >= 0.3 is 0 Å². The zero-order valence-electron chi connectivity index (χ0n) is 10.2. The Balaban J connectivity index is 2.82. The van der Waals surface area contributed by atoms with Crippen LogP contribution in [0.1, 0.15) is 13.8 Å². The molecule has 0 aromatic heterocycles. The first-order valence-electron chi connectivity index (χ1n) is 5.25. The maximum atomic E-state index is 11.7. The zero-order chi connectivity index (χ0) is 13.9. The standard InChI is InChI=1S/C12H15NO4S/c1-8(2)9(3)12(14)13-10-4-6-11(7-5-10)18(15,16)17/h4-7,9H,1H2,2-3H3,(H,13,14)(H,15,16,17). The Morgan fingerprint density at radius 3 is 2.22 bits per heavy atom. The molecule has 0 saturated carbocycles. The van der Waals surface area contributed by atoms with Gasteiger partial charge in [-0.3, -0.25) is 9.35 Å². The molecule has 0 spiro atoms. The molecule has 0 bridgehead atoms. The van der Waals surface area contributed by atoms with Crippen LogP contribution in [0, 0.1) is 5.92 Å². The van der Waals surface area contributed by atoms with Crippen molar-refractivity contribution < 1.29 is 17.8 Å². The first kappa shape index (κ1) is 14.4. The fourth-order valence-corrected chi connectivity index (χ4v) is 1.66. The van der Waals surface area contributed by atoms with Crippen LogP contribution in [0.2, 0.25) is 0 Å². The maximum Gasteiger partial charge on any atom is 0.294 e. The van der Waals surface area contributed by atoms with E-state index in [-0.39, 0.29) is 16.7 Å². The predicted octanol–water partition coefficient (Wildman–Crippen LogP) is 2.08. The van der Waals surface area contributed by atoms with E-state index in [1.807, 2.05) is 0 Å². The molecular weight excluding hydrogens is 254 g/mol. The molecule has 5 nitrogen and oxygen atoms in total. The Hall–Kier alpha value is -1.66. The second-order valence-electron chi connectivity index (χ2n) is 4.06. The predicted molar refractivity (Wildman–Crippen MR) is 68.9 cm³/mol. The molecule has 0 fully saturated rings. The van der Waals surface area contributed by atoms with Crippen LogP contribution >= 0.6 is 0 Å². The van der Waals surface area contributed by atoms with Crippen molar-refractivity contribution in [3.63, 3.8) is 0 Å². The van der Waals surface area contributed by atoms with Gasteiger partial charge in [0, 0.05) is 5.69 Å². The first-order valence-corrected chi connectivity index (χ1v) is 6.69. The number of amides is 1. The number of anilines is 1. The maximum absolute atomic E-state index is 11.7. The number of rotatable bonds is 4. The quantitative estimate of drug-likeness (QED) is 0.647. The minimum atomic E-state index is -4.20. The van der Waals surface area contributed by atoms with Crippen LogP contribution in [0.4, 0.5) is 5.69 Å². The highest BCUT2D eigenvalue weighted by Crippen LogP contribution is 2.16. The Bertz CT molecular complexity index is 560. The van der Waals surface area contributed by atoms with Crippen molar-refractivity contribution in [3.8, 4) is 0 Å². The Labute approximate surface area is 106 Å². The lowest BCUT2D eigenvalue weighted by Crippen LogP contribution is -2.20. The summed E-state index contributed by atoms with van der Waals surface area (Å²) >= 11 is 0. The van der Waals surface area contributed by atoms with E-state index in [9.17, 15) is 13.2 Å². The lowest BCUT2D eigenvalue weighted by Gasteiger charge is -2.11. The second kappa shape index (κ2) is 5.32. The van der Waals surface area contributed by atoms with Gasteiger partial charge in [0.05, 0.1) is 10.8 Å². The van der Waals surface area contributed by atoms with Gasteiger partial charge in [-0.2, -0.15) is 8.42 Å². The van der Waals surface area contributed by atoms with Crippen molar-refractivity contribution in [2.24, 2.45) is 5.92 Å². The van der Waals surface area contributed by atoms with Gasteiger partial charge < -0.3 is 5.32 Å². The van der Waals surface area contributed by atoms with Crippen molar-refractivity contribution in [1.82, 2.24) is 0 Å². The third-order valence-electron chi connectivity index (χ3n) is 2.55. The summed E-state index contributed by atoms with van der Waals surface area (Å²) in [7, 11) is -4.20. The molecule has 98 valence electrons. The SMILES string of the molecule is C=C(C)C(C)C(=O)Nc1ccc(S(=O)(=O)O)cc1. The molecule has 1 amide bonds. The van der Waals surface area contributed by atoms with Crippen LogP contribution in [0.25, 0.3) is 0 Å². The van der Waals surface area contributed by atoms with Crippen LogP contribution in [0.15, 0.2) is 41.3 Å². The van der Waals surface area contributed by atoms with Gasteiger partial charge in [-0.1, -0.05) is 12.2 Å². The summed E-state index contributed by atoms with van der Waals surface area (Å²) in [5, 5.41) is 2.63.